The number of hydrogen-bond acceptors (Lipinski definition) is 11. The fourth-order valence-corrected chi connectivity index (χ4v) is 4.25. The molecule has 0 saturated carbocycles. The van der Waals surface area contributed by atoms with Gasteiger partial charge in [-0.25, -0.2) is 13.9 Å². The van der Waals surface area contributed by atoms with E-state index in [1.807, 2.05) is 0 Å². The van der Waals surface area contributed by atoms with Gasteiger partial charge in [0, 0.05) is 28.5 Å². The van der Waals surface area contributed by atoms with E-state index in [4.69, 9.17) is 40.6 Å². The number of aliphatic hydroxyl groups excluding tert-OH is 1. The van der Waals surface area contributed by atoms with Crippen molar-refractivity contribution in [1.29, 1.82) is 0 Å². The highest BCUT2D eigenvalue weighted by Gasteiger charge is 2.33. The molecule has 12 nitrogen and oxygen atoms in total. The number of hydrogen-bond donors (Lipinski definition) is 2. The van der Waals surface area contributed by atoms with Crippen molar-refractivity contribution >= 4 is 36.9 Å². The maximum atomic E-state index is 13.8. The molecule has 0 amide bonds. The molecule has 0 radical (unpaired) electrons. The molecule has 0 spiro atoms. The lowest BCUT2D eigenvalue weighted by atomic mass is 9.95. The Morgan fingerprint density at radius 2 is 1.86 bits per heavy atom. The highest BCUT2D eigenvalue weighted by atomic mass is 35.5. The first-order chi connectivity index (χ1) is 20.0. The van der Waals surface area contributed by atoms with Gasteiger partial charge in [-0.15, -0.1) is 5.10 Å². The summed E-state index contributed by atoms with van der Waals surface area (Å²) < 4.78 is 37.1. The molecular weight excluding hydrogens is 591 g/mol. The quantitative estimate of drug-likeness (QED) is 0.192. The zero-order valence-electron chi connectivity index (χ0n) is 22.8. The molecule has 1 atom stereocenters. The minimum atomic E-state index is -0.881. The number of rotatable bonds is 15. The number of amidine groups is 1. The van der Waals surface area contributed by atoms with E-state index in [9.17, 15) is 9.18 Å². The molecule has 2 N–H and O–H groups in total. The molecule has 0 fully saturated rings. The van der Waals surface area contributed by atoms with Crippen LogP contribution in [-0.2, 0) is 36.9 Å². The van der Waals surface area contributed by atoms with E-state index in [1.165, 1.54) is 25.3 Å². The minimum Gasteiger partial charge on any atom is -0.466 e. The number of pyridine rings is 1. The van der Waals surface area contributed by atoms with Crippen LogP contribution in [-0.4, -0.2) is 83.6 Å². The summed E-state index contributed by atoms with van der Waals surface area (Å²) in [5.41, 5.74) is 2.32. The predicted octanol–water partition coefficient (Wildman–Crippen LogP) is 2.34. The molecule has 15 heteroatoms. The second kappa shape index (κ2) is 16.9. The van der Waals surface area contributed by atoms with Gasteiger partial charge in [-0.05, 0) is 24.3 Å². The highest BCUT2D eigenvalue weighted by Crippen LogP contribution is 2.36. The lowest BCUT2D eigenvalue weighted by Crippen LogP contribution is -2.35. The number of aliphatic imine (C=N–C) groups is 1. The van der Waals surface area contributed by atoms with Crippen molar-refractivity contribution < 1.29 is 33.2 Å². The van der Waals surface area contributed by atoms with Crippen LogP contribution in [0, 0.1) is 5.82 Å². The van der Waals surface area contributed by atoms with Crippen LogP contribution in [0.25, 0.3) is 0 Å². The standard InChI is InChI=1S/C27H30ClFN6O6.H2S/c1-38-27(37)24-23(17-41-16-20-15-35(34-33-20)8-10-39-12-13-40-11-9-36)31-26(18-4-6-30-7-5-18)32-25(24)21-3-2-19(29)14-22(21)28;/h2-7,14-15,25,36H,8-13,16-17H2,1H3,(H,31,32);1H2/t25-;/m1./s1. The van der Waals surface area contributed by atoms with Crippen LogP contribution in [0.1, 0.15) is 22.9 Å². The van der Waals surface area contributed by atoms with Gasteiger partial charge < -0.3 is 29.4 Å². The van der Waals surface area contributed by atoms with Crippen molar-refractivity contribution in [2.24, 2.45) is 4.99 Å². The highest BCUT2D eigenvalue weighted by molar-refractivity contribution is 7.59. The van der Waals surface area contributed by atoms with Crippen LogP contribution in [0.3, 0.4) is 0 Å². The largest absolute Gasteiger partial charge is 0.466 e. The molecule has 2 aromatic heterocycles. The fraction of sp³-hybridized carbons (Fsp3) is 0.370. The Balaban J connectivity index is 0.00000484. The number of carbonyl (C=O) groups excluding carboxylic acids is 1. The minimum absolute atomic E-state index is 0. The van der Waals surface area contributed by atoms with Gasteiger partial charge in [-0.1, -0.05) is 22.9 Å². The number of benzene rings is 1. The SMILES string of the molecule is COC(=O)C1=C(COCc2cn(CCOCCOCCO)nn2)NC(c2ccncc2)=N[C@@H]1c1ccc(F)cc1Cl.S. The van der Waals surface area contributed by atoms with Crippen molar-refractivity contribution in [3.05, 3.63) is 87.9 Å². The van der Waals surface area contributed by atoms with Crippen molar-refractivity contribution in [2.45, 2.75) is 19.2 Å². The number of halogens is 2. The number of nitrogens with one attached hydrogen (secondary N) is 1. The average Bonchev–Trinajstić information content (AvgIpc) is 3.44. The van der Waals surface area contributed by atoms with Gasteiger partial charge in [-0.2, -0.15) is 13.5 Å². The smallest absolute Gasteiger partial charge is 0.338 e. The van der Waals surface area contributed by atoms with E-state index in [-0.39, 0.29) is 50.5 Å². The Bertz CT molecular complexity index is 1380. The predicted molar refractivity (Wildman–Crippen MR) is 156 cm³/mol. The number of methoxy groups -OCH3 is 1. The van der Waals surface area contributed by atoms with E-state index >= 15 is 0 Å². The van der Waals surface area contributed by atoms with Crippen LogP contribution in [0.2, 0.25) is 5.02 Å². The van der Waals surface area contributed by atoms with E-state index in [2.05, 4.69) is 20.6 Å². The van der Waals surface area contributed by atoms with Gasteiger partial charge in [0.1, 0.15) is 23.4 Å². The van der Waals surface area contributed by atoms with Gasteiger partial charge in [-0.3, -0.25) is 9.98 Å². The lowest BCUT2D eigenvalue weighted by molar-refractivity contribution is -0.136. The van der Waals surface area contributed by atoms with Crippen molar-refractivity contribution in [3.63, 3.8) is 0 Å². The summed E-state index contributed by atoms with van der Waals surface area (Å²) in [4.78, 5) is 21.8. The zero-order valence-corrected chi connectivity index (χ0v) is 24.6. The molecule has 3 aromatic rings. The first-order valence-electron chi connectivity index (χ1n) is 12.7. The normalized spacial score (nSPS) is 14.7. The Labute approximate surface area is 253 Å². The average molecular weight is 623 g/mol. The van der Waals surface area contributed by atoms with Crippen molar-refractivity contribution in [1.82, 2.24) is 25.3 Å². The van der Waals surface area contributed by atoms with Gasteiger partial charge in [0.15, 0.2) is 0 Å². The molecule has 0 aliphatic carbocycles. The van der Waals surface area contributed by atoms with Gasteiger partial charge in [0.2, 0.25) is 0 Å². The number of aromatic nitrogens is 4. The molecule has 4 rings (SSSR count). The molecule has 1 aliphatic rings. The summed E-state index contributed by atoms with van der Waals surface area (Å²) in [6, 6.07) is 6.57. The Hall–Kier alpha value is -3.40. The fourth-order valence-electron chi connectivity index (χ4n) is 3.98. The number of nitrogens with zero attached hydrogens (tertiary/aromatic N) is 5. The third-order valence-electron chi connectivity index (χ3n) is 5.90. The molecular formula is C27H32ClFN6O6S. The Morgan fingerprint density at radius 1 is 1.10 bits per heavy atom. The maximum absolute atomic E-state index is 13.8. The van der Waals surface area contributed by atoms with E-state index in [0.717, 1.165) is 5.56 Å². The maximum Gasteiger partial charge on any atom is 0.338 e. The van der Waals surface area contributed by atoms with Crippen LogP contribution >= 0.6 is 25.1 Å². The van der Waals surface area contributed by atoms with Crippen LogP contribution in [0.4, 0.5) is 4.39 Å². The second-order valence-electron chi connectivity index (χ2n) is 8.70. The molecule has 1 aromatic carbocycles. The summed E-state index contributed by atoms with van der Waals surface area (Å²) in [5.74, 6) is -0.687. The summed E-state index contributed by atoms with van der Waals surface area (Å²) in [7, 11) is 1.27. The summed E-state index contributed by atoms with van der Waals surface area (Å²) >= 11 is 6.39. The number of ether oxygens (including phenoxy) is 4. The van der Waals surface area contributed by atoms with E-state index < -0.39 is 17.8 Å². The van der Waals surface area contributed by atoms with Crippen molar-refractivity contribution in [2.75, 3.05) is 46.8 Å². The summed E-state index contributed by atoms with van der Waals surface area (Å²) in [6.07, 6.45) is 4.98. The zero-order chi connectivity index (χ0) is 29.0. The summed E-state index contributed by atoms with van der Waals surface area (Å²) in [5, 5.41) is 20.2. The third-order valence-corrected chi connectivity index (χ3v) is 6.22. The first-order valence-corrected chi connectivity index (χ1v) is 13.1. The van der Waals surface area contributed by atoms with Gasteiger partial charge in [0.25, 0.3) is 0 Å². The van der Waals surface area contributed by atoms with Crippen LogP contribution < -0.4 is 5.32 Å². The monoisotopic (exact) mass is 622 g/mol. The number of esters is 1. The van der Waals surface area contributed by atoms with Gasteiger partial charge >= 0.3 is 5.97 Å². The van der Waals surface area contributed by atoms with Gasteiger partial charge in [0.05, 0.1) is 77.4 Å². The lowest BCUT2D eigenvalue weighted by Gasteiger charge is -2.28. The molecule has 1 aliphatic heterocycles. The topological polar surface area (TPSA) is 142 Å². The number of aliphatic hydroxyl groups is 1. The van der Waals surface area contributed by atoms with Crippen LogP contribution in [0.5, 0.6) is 0 Å². The molecule has 0 unspecified atom stereocenters. The first kappa shape index (κ1) is 33.1. The molecule has 226 valence electrons. The third kappa shape index (κ3) is 9.05. The Morgan fingerprint density at radius 3 is 2.57 bits per heavy atom. The molecule has 0 saturated heterocycles. The van der Waals surface area contributed by atoms with Crippen molar-refractivity contribution in [3.8, 4) is 0 Å². The molecule has 42 heavy (non-hydrogen) atoms. The van der Waals surface area contributed by atoms with E-state index in [0.29, 0.717) is 49.2 Å². The van der Waals surface area contributed by atoms with Crippen LogP contribution in [0.15, 0.2) is 65.2 Å². The van der Waals surface area contributed by atoms with E-state index in [1.54, 1.807) is 35.4 Å². The Kier molecular flexibility index (Phi) is 13.3. The number of carbonyl (C=O) groups is 1. The molecule has 0 bridgehead atoms. The second-order valence-corrected chi connectivity index (χ2v) is 9.11. The summed E-state index contributed by atoms with van der Waals surface area (Å²) in [6.45, 7) is 2.05. The molecule has 3 heterocycles.